The predicted octanol–water partition coefficient (Wildman–Crippen LogP) is 4.10. The van der Waals surface area contributed by atoms with Crippen LogP contribution in [0.3, 0.4) is 0 Å². The van der Waals surface area contributed by atoms with Gasteiger partial charge in [-0.3, -0.25) is 9.59 Å². The van der Waals surface area contributed by atoms with E-state index in [4.69, 9.17) is 4.74 Å². The third kappa shape index (κ3) is 9.20. The fourth-order valence-corrected chi connectivity index (χ4v) is 1.41. The molecule has 3 nitrogen and oxygen atoms in total. The van der Waals surface area contributed by atoms with E-state index in [0.717, 1.165) is 25.7 Å². The highest BCUT2D eigenvalue weighted by Crippen LogP contribution is 2.22. The van der Waals surface area contributed by atoms with Gasteiger partial charge in [0.05, 0.1) is 5.41 Å². The molecule has 0 unspecified atom stereocenters. The average molecular weight is 256 g/mol. The number of rotatable bonds is 5. The first kappa shape index (κ1) is 17.1. The smallest absolute Gasteiger partial charge is 0.318 e. The number of ether oxygens (including phenoxy) is 1. The summed E-state index contributed by atoms with van der Waals surface area (Å²) in [4.78, 5) is 22.9. The molecular formula is C15H28O3. The van der Waals surface area contributed by atoms with Crippen LogP contribution in [-0.4, -0.2) is 11.9 Å². The lowest BCUT2D eigenvalue weighted by molar-refractivity contribution is -0.165. The van der Waals surface area contributed by atoms with E-state index < -0.39 is 17.4 Å². The molecule has 0 amide bonds. The van der Waals surface area contributed by atoms with E-state index in [2.05, 4.69) is 20.8 Å². The van der Waals surface area contributed by atoms with Crippen LogP contribution >= 0.6 is 0 Å². The number of carbonyl (C=O) groups is 2. The van der Waals surface area contributed by atoms with Crippen molar-refractivity contribution >= 4 is 11.9 Å². The molecule has 0 aliphatic rings. The van der Waals surface area contributed by atoms with Gasteiger partial charge in [-0.25, -0.2) is 0 Å². The lowest BCUT2D eigenvalue weighted by Crippen LogP contribution is -2.25. The van der Waals surface area contributed by atoms with E-state index >= 15 is 0 Å². The van der Waals surface area contributed by atoms with Gasteiger partial charge in [0.2, 0.25) is 0 Å². The molecule has 18 heavy (non-hydrogen) atoms. The highest BCUT2D eigenvalue weighted by molar-refractivity contribution is 5.88. The van der Waals surface area contributed by atoms with Crippen LogP contribution in [0.4, 0.5) is 0 Å². The molecule has 3 heteroatoms. The van der Waals surface area contributed by atoms with Crippen molar-refractivity contribution in [3.05, 3.63) is 0 Å². The minimum absolute atomic E-state index is 0.339. The summed E-state index contributed by atoms with van der Waals surface area (Å²) in [7, 11) is 0. The molecular weight excluding hydrogens is 228 g/mol. The molecule has 0 rings (SSSR count). The molecule has 0 atom stereocenters. The summed E-state index contributed by atoms with van der Waals surface area (Å²) >= 11 is 0. The van der Waals surface area contributed by atoms with Crippen LogP contribution in [0, 0.1) is 10.8 Å². The Morgan fingerprint density at radius 2 is 1.44 bits per heavy atom. The van der Waals surface area contributed by atoms with Crippen LogP contribution in [0.2, 0.25) is 0 Å². The molecule has 0 aromatic rings. The molecule has 0 saturated carbocycles. The van der Waals surface area contributed by atoms with Crippen LogP contribution in [0.5, 0.6) is 0 Å². The number of hydrogen-bond acceptors (Lipinski definition) is 3. The first-order chi connectivity index (χ1) is 8.02. The highest BCUT2D eigenvalue weighted by atomic mass is 16.6. The normalized spacial score (nSPS) is 12.3. The molecule has 0 aliphatic carbocycles. The minimum atomic E-state index is -0.609. The lowest BCUT2D eigenvalue weighted by Gasteiger charge is -2.17. The molecule has 106 valence electrons. The second kappa shape index (κ2) is 6.91. The van der Waals surface area contributed by atoms with E-state index in [9.17, 15) is 9.59 Å². The Hall–Kier alpha value is -0.860. The van der Waals surface area contributed by atoms with Gasteiger partial charge in [0.25, 0.3) is 0 Å². The highest BCUT2D eigenvalue weighted by Gasteiger charge is 2.25. The summed E-state index contributed by atoms with van der Waals surface area (Å²) in [5.41, 5.74) is -0.259. The van der Waals surface area contributed by atoms with Gasteiger partial charge in [-0.15, -0.1) is 0 Å². The van der Waals surface area contributed by atoms with Crippen molar-refractivity contribution in [2.24, 2.45) is 10.8 Å². The zero-order chi connectivity index (χ0) is 14.4. The molecule has 0 heterocycles. The summed E-state index contributed by atoms with van der Waals surface area (Å²) in [6.45, 7) is 11.9. The third-order valence-electron chi connectivity index (χ3n) is 2.63. The van der Waals surface area contributed by atoms with Crippen LogP contribution in [-0.2, 0) is 14.3 Å². The maximum atomic E-state index is 11.5. The Bertz CT molecular complexity index is 279. The molecule has 0 spiro atoms. The van der Waals surface area contributed by atoms with E-state index in [0.29, 0.717) is 11.8 Å². The van der Waals surface area contributed by atoms with Crippen molar-refractivity contribution in [1.82, 2.24) is 0 Å². The molecule has 0 N–H and O–H groups in total. The first-order valence-corrected chi connectivity index (χ1v) is 6.77. The van der Waals surface area contributed by atoms with Crippen molar-refractivity contribution in [2.45, 2.75) is 73.6 Å². The molecule has 0 aromatic heterocycles. The molecule has 0 aliphatic heterocycles. The SMILES string of the molecule is CC(C)(C)CCCCCC(=O)OC(=O)C(C)(C)C. The van der Waals surface area contributed by atoms with Crippen molar-refractivity contribution in [2.75, 3.05) is 0 Å². The fourth-order valence-electron chi connectivity index (χ4n) is 1.41. The Balaban J connectivity index is 3.70. The van der Waals surface area contributed by atoms with Crippen LogP contribution in [0.1, 0.15) is 73.6 Å². The Kier molecular flexibility index (Phi) is 6.58. The maximum absolute atomic E-state index is 11.5. The van der Waals surface area contributed by atoms with Crippen LogP contribution < -0.4 is 0 Å². The van der Waals surface area contributed by atoms with E-state index in [1.54, 1.807) is 20.8 Å². The molecule has 0 bridgehead atoms. The Labute approximate surface area is 111 Å². The van der Waals surface area contributed by atoms with Crippen molar-refractivity contribution in [3.63, 3.8) is 0 Å². The van der Waals surface area contributed by atoms with E-state index in [1.807, 2.05) is 0 Å². The Morgan fingerprint density at radius 3 is 1.89 bits per heavy atom. The zero-order valence-corrected chi connectivity index (χ0v) is 12.8. The number of esters is 2. The van der Waals surface area contributed by atoms with Gasteiger partial charge < -0.3 is 4.74 Å². The van der Waals surface area contributed by atoms with Gasteiger partial charge in [0.1, 0.15) is 0 Å². The topological polar surface area (TPSA) is 43.4 Å². The predicted molar refractivity (Wildman–Crippen MR) is 73.1 cm³/mol. The average Bonchev–Trinajstić information content (AvgIpc) is 2.13. The summed E-state index contributed by atoms with van der Waals surface area (Å²) in [5.74, 6) is -0.840. The monoisotopic (exact) mass is 256 g/mol. The number of carbonyl (C=O) groups excluding carboxylic acids is 2. The van der Waals surface area contributed by atoms with Gasteiger partial charge in [-0.2, -0.15) is 0 Å². The van der Waals surface area contributed by atoms with Crippen LogP contribution in [0.15, 0.2) is 0 Å². The molecule has 0 aromatic carbocycles. The summed E-state index contributed by atoms with van der Waals surface area (Å²) in [6, 6.07) is 0. The molecule has 0 fully saturated rings. The van der Waals surface area contributed by atoms with E-state index in [-0.39, 0.29) is 0 Å². The summed E-state index contributed by atoms with van der Waals surface area (Å²) in [6.07, 6.45) is 4.42. The first-order valence-electron chi connectivity index (χ1n) is 6.77. The second-order valence-corrected chi connectivity index (χ2v) is 7.13. The quantitative estimate of drug-likeness (QED) is 0.422. The third-order valence-corrected chi connectivity index (χ3v) is 2.63. The van der Waals surface area contributed by atoms with Crippen molar-refractivity contribution in [3.8, 4) is 0 Å². The number of unbranched alkanes of at least 4 members (excludes halogenated alkanes) is 2. The maximum Gasteiger partial charge on any atom is 0.318 e. The summed E-state index contributed by atoms with van der Waals surface area (Å²) in [5, 5.41) is 0. The second-order valence-electron chi connectivity index (χ2n) is 7.13. The molecule has 0 saturated heterocycles. The minimum Gasteiger partial charge on any atom is -0.393 e. The zero-order valence-electron chi connectivity index (χ0n) is 12.8. The van der Waals surface area contributed by atoms with Gasteiger partial charge in [-0.05, 0) is 39.0 Å². The standard InChI is InChI=1S/C15H28O3/c1-14(2,3)11-9-7-8-10-12(16)18-13(17)15(4,5)6/h7-11H2,1-6H3. The number of hydrogen-bond donors (Lipinski definition) is 0. The van der Waals surface area contributed by atoms with Crippen molar-refractivity contribution in [1.29, 1.82) is 0 Å². The summed E-state index contributed by atoms with van der Waals surface area (Å²) < 4.78 is 4.78. The van der Waals surface area contributed by atoms with E-state index in [1.165, 1.54) is 0 Å². The van der Waals surface area contributed by atoms with Gasteiger partial charge in [-0.1, -0.05) is 33.6 Å². The Morgan fingerprint density at radius 1 is 0.889 bits per heavy atom. The van der Waals surface area contributed by atoms with Crippen LogP contribution in [0.25, 0.3) is 0 Å². The van der Waals surface area contributed by atoms with Gasteiger partial charge in [0, 0.05) is 6.42 Å². The fraction of sp³-hybridized carbons (Fsp3) is 0.867. The largest absolute Gasteiger partial charge is 0.393 e. The van der Waals surface area contributed by atoms with Gasteiger partial charge >= 0.3 is 11.9 Å². The van der Waals surface area contributed by atoms with Gasteiger partial charge in [0.15, 0.2) is 0 Å². The lowest BCUT2D eigenvalue weighted by atomic mass is 9.89. The van der Waals surface area contributed by atoms with Crippen molar-refractivity contribution < 1.29 is 14.3 Å². The molecule has 0 radical (unpaired) electrons.